The molecule has 7 rings (SSSR count). The van der Waals surface area contributed by atoms with Gasteiger partial charge in [-0.05, 0) is 6.42 Å². The summed E-state index contributed by atoms with van der Waals surface area (Å²) in [6.07, 6.45) is 6.71. The summed E-state index contributed by atoms with van der Waals surface area (Å²) in [5, 5.41) is 2.69. The van der Waals surface area contributed by atoms with Crippen molar-refractivity contribution in [3.8, 4) is 11.1 Å². The molecule has 2 aliphatic carbocycles. The summed E-state index contributed by atoms with van der Waals surface area (Å²) in [5.74, 6) is 0.468. The molecule has 0 saturated carbocycles. The van der Waals surface area contributed by atoms with Crippen molar-refractivity contribution in [2.45, 2.75) is 20.3 Å². The third-order valence-electron chi connectivity index (χ3n) is 6.95. The van der Waals surface area contributed by atoms with Gasteiger partial charge in [0.1, 0.15) is 0 Å². The predicted molar refractivity (Wildman–Crippen MR) is 159 cm³/mol. The van der Waals surface area contributed by atoms with Crippen molar-refractivity contribution < 1.29 is 49.0 Å². The molecule has 0 N–H and O–H groups in total. The molecule has 1 atom stereocenters. The molecule has 3 heteroatoms. The van der Waals surface area contributed by atoms with E-state index in [1.807, 2.05) is 12.1 Å². The average Bonchev–Trinajstić information content (AvgIpc) is 3.52. The van der Waals surface area contributed by atoms with Crippen LogP contribution in [0, 0.1) is 18.1 Å². The molecule has 5 aromatic carbocycles. The van der Waals surface area contributed by atoms with Crippen LogP contribution in [-0.2, 0) is 30.7 Å². The molecule has 0 saturated heterocycles. The number of fused-ring (bicyclic) bond motifs is 4. The molecule has 0 heterocycles. The van der Waals surface area contributed by atoms with Gasteiger partial charge in [-0.25, -0.2) is 5.57 Å². The van der Waals surface area contributed by atoms with E-state index in [4.69, 9.17) is 0 Å². The van der Waals surface area contributed by atoms with Crippen molar-refractivity contribution in [1.29, 1.82) is 0 Å². The number of benzene rings is 5. The first kappa shape index (κ1) is 31.7. The van der Waals surface area contributed by atoms with E-state index in [2.05, 4.69) is 139 Å². The average molecular weight is 637 g/mol. The van der Waals surface area contributed by atoms with Crippen LogP contribution in [0.4, 0.5) is 0 Å². The second-order valence-electron chi connectivity index (χ2n) is 9.61. The minimum absolute atomic E-state index is 0. The Labute approximate surface area is 266 Å². The van der Waals surface area contributed by atoms with Crippen LogP contribution in [0.2, 0.25) is 0 Å². The van der Waals surface area contributed by atoms with Gasteiger partial charge in [-0.15, -0.1) is 11.1 Å². The maximum atomic E-state index is 3.39. The molecule has 5 aromatic rings. The van der Waals surface area contributed by atoms with Crippen molar-refractivity contribution >= 4 is 20.1 Å². The van der Waals surface area contributed by atoms with Gasteiger partial charge in [0.25, 0.3) is 0 Å². The Bertz CT molecular complexity index is 1580. The SMILES string of the molecule is CC1=[C-]C(C)C=C1c1ccccc1.[Cl-].[Cl-].[Zr+2]=[CH]c1cccc2ccccc12.[c-]1cccc2c1Cc1ccccc1-2. The fourth-order valence-electron chi connectivity index (χ4n) is 5.14. The zero-order valence-corrected chi connectivity index (χ0v) is 26.6. The molecule has 0 bridgehead atoms. The summed E-state index contributed by atoms with van der Waals surface area (Å²) in [5.41, 5.74) is 10.8. The van der Waals surface area contributed by atoms with Crippen LogP contribution in [0.1, 0.15) is 36.1 Å². The fourth-order valence-corrected chi connectivity index (χ4v) is 5.76. The summed E-state index contributed by atoms with van der Waals surface area (Å²) in [6.45, 7) is 4.29. The summed E-state index contributed by atoms with van der Waals surface area (Å²) >= 11 is 1.46. The Balaban J connectivity index is 0.000000162. The Hall–Kier alpha value is -2.83. The number of rotatable bonds is 2. The summed E-state index contributed by atoms with van der Waals surface area (Å²) in [4.78, 5) is 0. The topological polar surface area (TPSA) is 0 Å². The van der Waals surface area contributed by atoms with Crippen LogP contribution < -0.4 is 24.8 Å². The van der Waals surface area contributed by atoms with Crippen LogP contribution in [0.15, 0.2) is 127 Å². The molecule has 40 heavy (non-hydrogen) atoms. The van der Waals surface area contributed by atoms with Crippen LogP contribution in [0.3, 0.4) is 0 Å². The van der Waals surface area contributed by atoms with Crippen LogP contribution in [0.5, 0.6) is 0 Å². The van der Waals surface area contributed by atoms with E-state index < -0.39 is 0 Å². The molecule has 0 aliphatic heterocycles. The van der Waals surface area contributed by atoms with Gasteiger partial charge in [0, 0.05) is 0 Å². The molecule has 0 aromatic heterocycles. The molecule has 2 aliphatic rings. The van der Waals surface area contributed by atoms with Gasteiger partial charge < -0.3 is 24.8 Å². The van der Waals surface area contributed by atoms with E-state index in [1.54, 1.807) is 0 Å². The Morgan fingerprint density at radius 3 is 2.17 bits per heavy atom. The van der Waals surface area contributed by atoms with Gasteiger partial charge in [0.15, 0.2) is 0 Å². The summed E-state index contributed by atoms with van der Waals surface area (Å²) < 4.78 is 2.23. The van der Waals surface area contributed by atoms with E-state index in [0.29, 0.717) is 5.92 Å². The molecular formula is C37H30Cl2Zr-2. The van der Waals surface area contributed by atoms with E-state index in [9.17, 15) is 0 Å². The first-order valence-corrected chi connectivity index (χ1v) is 14.5. The van der Waals surface area contributed by atoms with Crippen LogP contribution in [0.25, 0.3) is 27.5 Å². The number of hydrogen-bond acceptors (Lipinski definition) is 0. The first-order valence-electron chi connectivity index (χ1n) is 13.1. The van der Waals surface area contributed by atoms with Gasteiger partial charge >= 0.3 is 86.7 Å². The predicted octanol–water partition coefficient (Wildman–Crippen LogP) is 3.07. The maximum Gasteiger partial charge on any atom is -0.0253 e. The molecular weight excluding hydrogens is 607 g/mol. The van der Waals surface area contributed by atoms with Gasteiger partial charge in [-0.3, -0.25) is 6.08 Å². The zero-order valence-electron chi connectivity index (χ0n) is 22.7. The number of hydrogen-bond donors (Lipinski definition) is 0. The van der Waals surface area contributed by atoms with E-state index in [0.717, 1.165) is 6.42 Å². The molecule has 0 radical (unpaired) electrons. The smallest absolute Gasteiger partial charge is 0.0253 e. The number of halogens is 2. The Kier molecular flexibility index (Phi) is 12.1. The van der Waals surface area contributed by atoms with Crippen molar-refractivity contribution in [2.75, 3.05) is 0 Å². The molecule has 0 spiro atoms. The van der Waals surface area contributed by atoms with Gasteiger partial charge in [0.2, 0.25) is 0 Å². The Morgan fingerprint density at radius 1 is 0.750 bits per heavy atom. The van der Waals surface area contributed by atoms with E-state index in [1.165, 1.54) is 79.5 Å². The summed E-state index contributed by atoms with van der Waals surface area (Å²) in [7, 11) is 0. The first-order chi connectivity index (χ1) is 18.6. The van der Waals surface area contributed by atoms with Gasteiger partial charge in [-0.1, -0.05) is 85.5 Å². The molecule has 198 valence electrons. The minimum atomic E-state index is 0. The normalized spacial score (nSPS) is 13.9. The monoisotopic (exact) mass is 634 g/mol. The fraction of sp³-hybridized carbons (Fsp3) is 0.108. The largest absolute Gasteiger partial charge is 0.179 e. The zero-order chi connectivity index (χ0) is 26.3. The standard InChI is InChI=1S/C13H9.C13H13.C11H8.2ClH.Zr/c1-3-7-12-10(5-1)9-11-6-2-4-8-13(11)12;1-10-8-11(2)13(9-10)12-6-4-3-5-7-12;1-9-5-4-7-10-6-2-3-8-11(9)10;;;/h1-5,7-8H,9H2;3-7,9-10H,1-2H3;1-8H;2*1H;/q2*-1;;;;+2/p-2. The van der Waals surface area contributed by atoms with Crippen molar-refractivity contribution in [1.82, 2.24) is 0 Å². The Morgan fingerprint density at radius 2 is 1.43 bits per heavy atom. The summed E-state index contributed by atoms with van der Waals surface area (Å²) in [6, 6.07) is 43.5. The van der Waals surface area contributed by atoms with Crippen molar-refractivity contribution in [2.24, 2.45) is 5.92 Å². The quantitative estimate of drug-likeness (QED) is 0.257. The second-order valence-corrected chi connectivity index (χ2v) is 10.3. The molecule has 0 amide bonds. The van der Waals surface area contributed by atoms with Crippen LogP contribution >= 0.6 is 0 Å². The molecule has 0 nitrogen and oxygen atoms in total. The maximum absolute atomic E-state index is 3.39. The van der Waals surface area contributed by atoms with E-state index >= 15 is 0 Å². The van der Waals surface area contributed by atoms with E-state index in [-0.39, 0.29) is 24.8 Å². The molecule has 1 unspecified atom stereocenters. The third-order valence-corrected chi connectivity index (χ3v) is 7.71. The minimum Gasteiger partial charge on any atom is -0.179 e. The van der Waals surface area contributed by atoms with Crippen LogP contribution in [-0.4, -0.2) is 3.71 Å². The van der Waals surface area contributed by atoms with Gasteiger partial charge in [0.05, 0.1) is 0 Å². The van der Waals surface area contributed by atoms with Crippen molar-refractivity contribution in [3.05, 3.63) is 161 Å². The number of allylic oxidation sites excluding steroid dienone is 4. The van der Waals surface area contributed by atoms with Gasteiger partial charge in [-0.2, -0.15) is 41.5 Å². The second kappa shape index (κ2) is 15.2. The third kappa shape index (κ3) is 7.47. The van der Waals surface area contributed by atoms with Crippen molar-refractivity contribution in [3.63, 3.8) is 0 Å². The molecule has 0 fully saturated rings.